The second-order valence-electron chi connectivity index (χ2n) is 7.15. The number of pyridine rings is 1. The third-order valence-electron chi connectivity index (χ3n) is 3.96. The first-order chi connectivity index (χ1) is 11.4. The summed E-state index contributed by atoms with van der Waals surface area (Å²) in [6, 6.07) is 10.00. The van der Waals surface area contributed by atoms with Crippen molar-refractivity contribution in [3.63, 3.8) is 0 Å². The normalized spacial score (nSPS) is 16.2. The molecule has 128 valence electrons. The number of hydrogen-bond donors (Lipinski definition) is 0. The lowest BCUT2D eigenvalue weighted by molar-refractivity contribution is 0.0126. The fourth-order valence-corrected chi connectivity index (χ4v) is 2.79. The molecule has 0 unspecified atom stereocenters. The molecule has 0 radical (unpaired) electrons. The number of piperidine rings is 1. The molecule has 0 bridgehead atoms. The highest BCUT2D eigenvalue weighted by Crippen LogP contribution is 2.23. The summed E-state index contributed by atoms with van der Waals surface area (Å²) in [6.07, 6.45) is 3.22. The van der Waals surface area contributed by atoms with Gasteiger partial charge in [-0.1, -0.05) is 18.2 Å². The number of aromatic nitrogens is 1. The summed E-state index contributed by atoms with van der Waals surface area (Å²) in [5.74, 6) is 0.782. The monoisotopic (exact) mass is 328 g/mol. The van der Waals surface area contributed by atoms with Gasteiger partial charge in [0.25, 0.3) is 0 Å². The lowest BCUT2D eigenvalue weighted by Gasteiger charge is -2.33. The van der Waals surface area contributed by atoms with Gasteiger partial charge in [0.2, 0.25) is 0 Å². The Morgan fingerprint density at radius 1 is 1.21 bits per heavy atom. The molecule has 2 aromatic rings. The van der Waals surface area contributed by atoms with Crippen LogP contribution in [0.2, 0.25) is 0 Å². The Bertz CT molecular complexity index is 716. The van der Waals surface area contributed by atoms with Gasteiger partial charge >= 0.3 is 6.09 Å². The Morgan fingerprint density at radius 3 is 2.62 bits per heavy atom. The Labute approximate surface area is 142 Å². The zero-order chi connectivity index (χ0) is 17.2. The second-order valence-corrected chi connectivity index (χ2v) is 7.15. The predicted octanol–water partition coefficient (Wildman–Crippen LogP) is 4.01. The molecule has 24 heavy (non-hydrogen) atoms. The smallest absolute Gasteiger partial charge is 0.410 e. The molecule has 0 spiro atoms. The van der Waals surface area contributed by atoms with E-state index in [1.54, 1.807) is 11.1 Å². The first-order valence-corrected chi connectivity index (χ1v) is 8.40. The Balaban J connectivity index is 1.55. The van der Waals surface area contributed by atoms with Gasteiger partial charge in [-0.25, -0.2) is 4.79 Å². The Morgan fingerprint density at radius 2 is 1.92 bits per heavy atom. The molecule has 1 aliphatic rings. The van der Waals surface area contributed by atoms with Crippen molar-refractivity contribution in [1.29, 1.82) is 0 Å². The standard InChI is InChI=1S/C19H24N2O3/c1-19(2,3)24-18(22)21-10-8-15(9-11-21)23-16-12-14-6-4-5-7-17(14)20-13-16/h4-7,12-13,15H,8-11H2,1-3H3. The summed E-state index contributed by atoms with van der Waals surface area (Å²) >= 11 is 0. The Hall–Kier alpha value is -2.30. The van der Waals surface area contributed by atoms with E-state index in [2.05, 4.69) is 4.98 Å². The molecule has 5 nitrogen and oxygen atoms in total. The van der Waals surface area contributed by atoms with E-state index < -0.39 is 5.60 Å². The predicted molar refractivity (Wildman–Crippen MR) is 93.2 cm³/mol. The van der Waals surface area contributed by atoms with Crippen LogP contribution in [0.4, 0.5) is 4.79 Å². The lowest BCUT2D eigenvalue weighted by Crippen LogP contribution is -2.44. The molecule has 0 N–H and O–H groups in total. The number of nitrogens with zero attached hydrogens (tertiary/aromatic N) is 2. The minimum atomic E-state index is -0.457. The van der Waals surface area contributed by atoms with Crippen molar-refractivity contribution in [3.05, 3.63) is 36.5 Å². The van der Waals surface area contributed by atoms with Gasteiger partial charge in [-0.2, -0.15) is 0 Å². The Kier molecular flexibility index (Phi) is 4.60. The van der Waals surface area contributed by atoms with Gasteiger partial charge < -0.3 is 14.4 Å². The van der Waals surface area contributed by atoms with Gasteiger partial charge in [0.15, 0.2) is 0 Å². The number of hydrogen-bond acceptors (Lipinski definition) is 4. The molecule has 5 heteroatoms. The van der Waals surface area contributed by atoms with Crippen molar-refractivity contribution < 1.29 is 14.3 Å². The topological polar surface area (TPSA) is 51.7 Å². The van der Waals surface area contributed by atoms with Gasteiger partial charge in [-0.15, -0.1) is 0 Å². The molecule has 1 saturated heterocycles. The van der Waals surface area contributed by atoms with Gasteiger partial charge in [0.1, 0.15) is 17.5 Å². The molecule has 1 aromatic heterocycles. The molecule has 1 amide bonds. The van der Waals surface area contributed by atoms with E-state index >= 15 is 0 Å². The van der Waals surface area contributed by atoms with Crippen LogP contribution in [-0.2, 0) is 4.74 Å². The van der Waals surface area contributed by atoms with Crippen LogP contribution in [0.25, 0.3) is 10.9 Å². The molecule has 0 aliphatic carbocycles. The van der Waals surface area contributed by atoms with Crippen LogP contribution in [0.5, 0.6) is 5.75 Å². The summed E-state index contributed by atoms with van der Waals surface area (Å²) in [6.45, 7) is 6.95. The molecule has 0 atom stereocenters. The summed E-state index contributed by atoms with van der Waals surface area (Å²) in [5.41, 5.74) is 0.505. The van der Waals surface area contributed by atoms with E-state index in [0.717, 1.165) is 29.5 Å². The maximum atomic E-state index is 12.1. The van der Waals surface area contributed by atoms with Gasteiger partial charge in [0, 0.05) is 31.3 Å². The van der Waals surface area contributed by atoms with Crippen molar-refractivity contribution >= 4 is 17.0 Å². The minimum Gasteiger partial charge on any atom is -0.489 e. The SMILES string of the molecule is CC(C)(C)OC(=O)N1CCC(Oc2cnc3ccccc3c2)CC1. The van der Waals surface area contributed by atoms with E-state index in [1.165, 1.54) is 0 Å². The number of carbonyl (C=O) groups is 1. The van der Waals surface area contributed by atoms with Crippen LogP contribution in [-0.4, -0.2) is 40.8 Å². The number of fused-ring (bicyclic) bond motifs is 1. The average Bonchev–Trinajstić information content (AvgIpc) is 2.54. The molecule has 1 aromatic carbocycles. The lowest BCUT2D eigenvalue weighted by atomic mass is 10.1. The third-order valence-corrected chi connectivity index (χ3v) is 3.96. The largest absolute Gasteiger partial charge is 0.489 e. The van der Waals surface area contributed by atoms with Crippen LogP contribution in [0.1, 0.15) is 33.6 Å². The highest BCUT2D eigenvalue weighted by Gasteiger charge is 2.27. The van der Waals surface area contributed by atoms with Crippen LogP contribution < -0.4 is 4.74 Å². The number of rotatable bonds is 2. The maximum absolute atomic E-state index is 12.1. The van der Waals surface area contributed by atoms with E-state index in [0.29, 0.717) is 13.1 Å². The van der Waals surface area contributed by atoms with E-state index in [9.17, 15) is 4.79 Å². The fourth-order valence-electron chi connectivity index (χ4n) is 2.79. The second kappa shape index (κ2) is 6.67. The maximum Gasteiger partial charge on any atom is 0.410 e. The molecule has 2 heterocycles. The first-order valence-electron chi connectivity index (χ1n) is 8.40. The van der Waals surface area contributed by atoms with E-state index in [1.807, 2.05) is 51.1 Å². The highest BCUT2D eigenvalue weighted by molar-refractivity contribution is 5.79. The molecule has 1 fully saturated rings. The van der Waals surface area contributed by atoms with Crippen molar-refractivity contribution in [1.82, 2.24) is 9.88 Å². The van der Waals surface area contributed by atoms with Crippen molar-refractivity contribution in [2.24, 2.45) is 0 Å². The summed E-state index contributed by atoms with van der Waals surface area (Å²) in [5, 5.41) is 1.07. The number of amides is 1. The third kappa shape index (κ3) is 4.16. The summed E-state index contributed by atoms with van der Waals surface area (Å²) in [4.78, 5) is 18.3. The number of likely N-dealkylation sites (tertiary alicyclic amines) is 1. The first kappa shape index (κ1) is 16.6. The summed E-state index contributed by atoms with van der Waals surface area (Å²) < 4.78 is 11.5. The molecular formula is C19H24N2O3. The summed E-state index contributed by atoms with van der Waals surface area (Å²) in [7, 11) is 0. The van der Waals surface area contributed by atoms with E-state index in [4.69, 9.17) is 9.47 Å². The number of para-hydroxylation sites is 1. The van der Waals surface area contributed by atoms with Crippen LogP contribution >= 0.6 is 0 Å². The van der Waals surface area contributed by atoms with Crippen molar-refractivity contribution in [3.8, 4) is 5.75 Å². The minimum absolute atomic E-state index is 0.103. The average molecular weight is 328 g/mol. The van der Waals surface area contributed by atoms with Gasteiger partial charge in [0.05, 0.1) is 11.7 Å². The van der Waals surface area contributed by atoms with Gasteiger partial charge in [-0.3, -0.25) is 4.98 Å². The van der Waals surface area contributed by atoms with Crippen molar-refractivity contribution in [2.45, 2.75) is 45.3 Å². The van der Waals surface area contributed by atoms with E-state index in [-0.39, 0.29) is 12.2 Å². The van der Waals surface area contributed by atoms with Crippen LogP contribution in [0.15, 0.2) is 36.5 Å². The molecule has 1 aliphatic heterocycles. The van der Waals surface area contributed by atoms with Crippen LogP contribution in [0.3, 0.4) is 0 Å². The molecule has 3 rings (SSSR count). The van der Waals surface area contributed by atoms with Crippen LogP contribution in [0, 0.1) is 0 Å². The number of benzene rings is 1. The van der Waals surface area contributed by atoms with Crippen molar-refractivity contribution in [2.75, 3.05) is 13.1 Å². The highest BCUT2D eigenvalue weighted by atomic mass is 16.6. The fraction of sp³-hybridized carbons (Fsp3) is 0.474. The molecular weight excluding hydrogens is 304 g/mol. The number of ether oxygens (including phenoxy) is 2. The van der Waals surface area contributed by atoms with Gasteiger partial charge in [-0.05, 0) is 32.9 Å². The zero-order valence-corrected chi connectivity index (χ0v) is 14.5. The molecule has 0 saturated carbocycles. The quantitative estimate of drug-likeness (QED) is 0.836. The zero-order valence-electron chi connectivity index (χ0n) is 14.5. The number of carbonyl (C=O) groups excluding carboxylic acids is 1.